The first-order chi connectivity index (χ1) is 8.56. The Morgan fingerprint density at radius 3 is 2.56 bits per heavy atom. The lowest BCUT2D eigenvalue weighted by Gasteiger charge is -2.08. The van der Waals surface area contributed by atoms with Gasteiger partial charge < -0.3 is 16.2 Å². The second kappa shape index (κ2) is 4.89. The van der Waals surface area contributed by atoms with Gasteiger partial charge in [-0.15, -0.1) is 10.2 Å². The summed E-state index contributed by atoms with van der Waals surface area (Å²) in [5.41, 5.74) is 6.01. The van der Waals surface area contributed by atoms with Crippen LogP contribution in [0.1, 0.15) is 10.4 Å². The average molecular weight is 265 g/mol. The molecule has 0 spiro atoms. The molecule has 92 valence electrons. The molecule has 0 aliphatic rings. The van der Waals surface area contributed by atoms with Crippen molar-refractivity contribution in [2.45, 2.75) is 0 Å². The first-order valence-corrected chi connectivity index (χ1v) is 5.33. The number of rotatable bonds is 3. The predicted molar refractivity (Wildman–Crippen MR) is 68.1 cm³/mol. The number of carboxylic acids is 1. The lowest BCUT2D eigenvalue weighted by Crippen LogP contribution is -2.08. The number of nitrogen functional groups attached to an aromatic ring is 1. The van der Waals surface area contributed by atoms with Gasteiger partial charge in [0.1, 0.15) is 11.4 Å². The molecule has 2 rings (SSSR count). The number of halogens is 1. The fourth-order valence-electron chi connectivity index (χ4n) is 1.33. The van der Waals surface area contributed by atoms with E-state index in [-0.39, 0.29) is 17.2 Å². The van der Waals surface area contributed by atoms with E-state index in [1.807, 2.05) is 0 Å². The van der Waals surface area contributed by atoms with Crippen molar-refractivity contribution in [1.29, 1.82) is 0 Å². The van der Waals surface area contributed by atoms with Crippen LogP contribution < -0.4 is 11.1 Å². The lowest BCUT2D eigenvalue weighted by atomic mass is 10.2. The third kappa shape index (κ3) is 2.67. The maximum absolute atomic E-state index is 11.0. The van der Waals surface area contributed by atoms with Gasteiger partial charge in [-0.1, -0.05) is 11.6 Å². The summed E-state index contributed by atoms with van der Waals surface area (Å²) < 4.78 is 0. The van der Waals surface area contributed by atoms with Gasteiger partial charge in [-0.05, 0) is 24.3 Å². The summed E-state index contributed by atoms with van der Waals surface area (Å²) in [4.78, 5) is 11.0. The number of hydrogen-bond acceptors (Lipinski definition) is 5. The molecule has 0 atom stereocenters. The molecule has 0 unspecified atom stereocenters. The molecular weight excluding hydrogens is 256 g/mol. The average Bonchev–Trinajstić information content (AvgIpc) is 2.34. The van der Waals surface area contributed by atoms with Crippen LogP contribution >= 0.6 is 11.6 Å². The molecule has 0 saturated carbocycles. The zero-order valence-corrected chi connectivity index (χ0v) is 9.85. The number of nitrogens with two attached hydrogens (primary N) is 1. The number of nitrogens with zero attached hydrogens (tertiary/aromatic N) is 2. The molecule has 18 heavy (non-hydrogen) atoms. The summed E-state index contributed by atoms with van der Waals surface area (Å²) in [5.74, 6) is -0.957. The number of carbonyl (C=O) groups is 1. The zero-order valence-electron chi connectivity index (χ0n) is 9.09. The highest BCUT2D eigenvalue weighted by atomic mass is 35.5. The summed E-state index contributed by atoms with van der Waals surface area (Å²) in [7, 11) is 0. The van der Waals surface area contributed by atoms with E-state index in [2.05, 4.69) is 15.5 Å². The smallest absolute Gasteiger partial charge is 0.339 e. The van der Waals surface area contributed by atoms with Crippen molar-refractivity contribution in [1.82, 2.24) is 10.2 Å². The first-order valence-electron chi connectivity index (χ1n) is 4.95. The molecule has 0 bridgehead atoms. The third-order valence-electron chi connectivity index (χ3n) is 2.15. The SMILES string of the molecule is Nc1cc(C(=O)O)c(Nc2ccc(Cl)cc2)nn1. The topological polar surface area (TPSA) is 101 Å². The van der Waals surface area contributed by atoms with E-state index in [9.17, 15) is 4.79 Å². The largest absolute Gasteiger partial charge is 0.478 e. The highest BCUT2D eigenvalue weighted by Crippen LogP contribution is 2.20. The monoisotopic (exact) mass is 264 g/mol. The van der Waals surface area contributed by atoms with Gasteiger partial charge in [-0.3, -0.25) is 0 Å². The van der Waals surface area contributed by atoms with Gasteiger partial charge in [0.15, 0.2) is 5.82 Å². The van der Waals surface area contributed by atoms with E-state index in [4.69, 9.17) is 22.4 Å². The molecule has 6 nitrogen and oxygen atoms in total. The van der Waals surface area contributed by atoms with Crippen LogP contribution in [0.2, 0.25) is 5.02 Å². The molecule has 0 amide bonds. The molecule has 4 N–H and O–H groups in total. The van der Waals surface area contributed by atoms with Crippen LogP contribution in [0.4, 0.5) is 17.3 Å². The van der Waals surface area contributed by atoms with Gasteiger partial charge in [0, 0.05) is 16.8 Å². The van der Waals surface area contributed by atoms with E-state index in [1.165, 1.54) is 6.07 Å². The molecule has 7 heteroatoms. The molecule has 0 saturated heterocycles. The maximum Gasteiger partial charge on any atom is 0.339 e. The lowest BCUT2D eigenvalue weighted by molar-refractivity contribution is 0.0697. The van der Waals surface area contributed by atoms with E-state index < -0.39 is 5.97 Å². The number of nitrogens with one attached hydrogen (secondary N) is 1. The number of aromatic nitrogens is 2. The Hall–Kier alpha value is -2.34. The highest BCUT2D eigenvalue weighted by molar-refractivity contribution is 6.30. The molecule has 0 aliphatic carbocycles. The molecule has 1 aromatic carbocycles. The minimum absolute atomic E-state index is 0.0440. The molecule has 0 fully saturated rings. The fraction of sp³-hybridized carbons (Fsp3) is 0. The second-order valence-corrected chi connectivity index (χ2v) is 3.90. The van der Waals surface area contributed by atoms with E-state index in [0.717, 1.165) is 0 Å². The van der Waals surface area contributed by atoms with Gasteiger partial charge in [-0.25, -0.2) is 4.79 Å². The van der Waals surface area contributed by atoms with Crippen molar-refractivity contribution in [2.75, 3.05) is 11.1 Å². The van der Waals surface area contributed by atoms with Gasteiger partial charge >= 0.3 is 5.97 Å². The third-order valence-corrected chi connectivity index (χ3v) is 2.40. The molecule has 2 aromatic rings. The Kier molecular flexibility index (Phi) is 3.29. The fourth-order valence-corrected chi connectivity index (χ4v) is 1.46. The van der Waals surface area contributed by atoms with Crippen molar-refractivity contribution in [3.63, 3.8) is 0 Å². The zero-order chi connectivity index (χ0) is 13.1. The predicted octanol–water partition coefficient (Wildman–Crippen LogP) is 2.15. The van der Waals surface area contributed by atoms with Crippen molar-refractivity contribution in [3.05, 3.63) is 40.9 Å². The Labute approximate surface area is 107 Å². The number of benzene rings is 1. The normalized spacial score (nSPS) is 10.1. The number of carboxylic acid groups (broad SMARTS) is 1. The molecule has 0 aliphatic heterocycles. The summed E-state index contributed by atoms with van der Waals surface area (Å²) in [6.45, 7) is 0. The Morgan fingerprint density at radius 1 is 1.28 bits per heavy atom. The van der Waals surface area contributed by atoms with Gasteiger partial charge in [0.25, 0.3) is 0 Å². The Morgan fingerprint density at radius 2 is 1.94 bits per heavy atom. The van der Waals surface area contributed by atoms with Crippen LogP contribution in [0.5, 0.6) is 0 Å². The van der Waals surface area contributed by atoms with Crippen LogP contribution in [0.15, 0.2) is 30.3 Å². The highest BCUT2D eigenvalue weighted by Gasteiger charge is 2.13. The van der Waals surface area contributed by atoms with Gasteiger partial charge in [0.2, 0.25) is 0 Å². The van der Waals surface area contributed by atoms with E-state index >= 15 is 0 Å². The second-order valence-electron chi connectivity index (χ2n) is 3.47. The van der Waals surface area contributed by atoms with Crippen LogP contribution in [-0.4, -0.2) is 21.3 Å². The summed E-state index contributed by atoms with van der Waals surface area (Å²) in [6.07, 6.45) is 0. The quantitative estimate of drug-likeness (QED) is 0.785. The van der Waals surface area contributed by atoms with Gasteiger partial charge in [0.05, 0.1) is 0 Å². The molecule has 1 aromatic heterocycles. The number of hydrogen-bond donors (Lipinski definition) is 3. The minimum atomic E-state index is -1.13. The molecular formula is C11H9ClN4O2. The Balaban J connectivity index is 2.34. The number of anilines is 3. The first kappa shape index (κ1) is 12.1. The van der Waals surface area contributed by atoms with Crippen molar-refractivity contribution >= 4 is 34.9 Å². The van der Waals surface area contributed by atoms with E-state index in [1.54, 1.807) is 24.3 Å². The summed E-state index contributed by atoms with van der Waals surface area (Å²) in [6, 6.07) is 8.00. The molecule has 0 radical (unpaired) electrons. The van der Waals surface area contributed by atoms with Crippen molar-refractivity contribution < 1.29 is 9.90 Å². The number of aromatic carboxylic acids is 1. The summed E-state index contributed by atoms with van der Waals surface area (Å²) >= 11 is 5.75. The van der Waals surface area contributed by atoms with Crippen LogP contribution in [-0.2, 0) is 0 Å². The van der Waals surface area contributed by atoms with Crippen LogP contribution in [0.3, 0.4) is 0 Å². The molecule has 1 heterocycles. The standard InChI is InChI=1S/C11H9ClN4O2/c12-6-1-3-7(4-2-6)14-10-8(11(17)18)5-9(13)15-16-10/h1-5H,(H2,13,15)(H,14,16)(H,17,18). The minimum Gasteiger partial charge on any atom is -0.478 e. The summed E-state index contributed by atoms with van der Waals surface area (Å²) in [5, 5.41) is 19.8. The van der Waals surface area contributed by atoms with Crippen LogP contribution in [0.25, 0.3) is 0 Å². The van der Waals surface area contributed by atoms with Crippen molar-refractivity contribution in [3.8, 4) is 0 Å². The van der Waals surface area contributed by atoms with Crippen LogP contribution in [0, 0.1) is 0 Å². The van der Waals surface area contributed by atoms with Gasteiger partial charge in [-0.2, -0.15) is 0 Å². The maximum atomic E-state index is 11.0. The Bertz CT molecular complexity index is 586. The van der Waals surface area contributed by atoms with E-state index in [0.29, 0.717) is 10.7 Å². The van der Waals surface area contributed by atoms with Crippen molar-refractivity contribution in [2.24, 2.45) is 0 Å².